The second kappa shape index (κ2) is 3.71. The zero-order chi connectivity index (χ0) is 9.41. The Balaban J connectivity index is 0.00000144. The van der Waals surface area contributed by atoms with Gasteiger partial charge in [0, 0.05) is 13.0 Å². The van der Waals surface area contributed by atoms with Crippen molar-refractivity contribution in [1.82, 2.24) is 4.90 Å². The fourth-order valence-electron chi connectivity index (χ4n) is 1.14. The van der Waals surface area contributed by atoms with Crippen LogP contribution in [0.1, 0.15) is 6.42 Å². The van der Waals surface area contributed by atoms with Crippen LogP contribution in [0.25, 0.3) is 0 Å². The van der Waals surface area contributed by atoms with Crippen molar-refractivity contribution in [2.24, 2.45) is 0 Å². The first kappa shape index (κ1) is 12.5. The van der Waals surface area contributed by atoms with Crippen LogP contribution < -0.4 is 0 Å². The van der Waals surface area contributed by atoms with Gasteiger partial charge in [0.15, 0.2) is 5.60 Å². The number of carbonyl (C=O) groups excluding carboxylic acids is 1. The number of hydrogen-bond acceptors (Lipinski definition) is 2. The maximum absolute atomic E-state index is 12.1. The summed E-state index contributed by atoms with van der Waals surface area (Å²) in [6, 6.07) is 0. The van der Waals surface area contributed by atoms with Crippen LogP contribution in [0.15, 0.2) is 0 Å². The molecular formula is C6H9ClF3NO2. The standard InChI is InChI=1S/C6H8F3NO2.ClH/c7-6(8,9)5(12)1-2-10(3-5)4-11;/h4,12H,1-3H2;1H. The Kier molecular flexibility index (Phi) is 3.57. The van der Waals surface area contributed by atoms with Gasteiger partial charge in [-0.3, -0.25) is 4.79 Å². The molecule has 0 aliphatic carbocycles. The van der Waals surface area contributed by atoms with Crippen molar-refractivity contribution in [3.8, 4) is 0 Å². The van der Waals surface area contributed by atoms with Crippen LogP contribution in [0.2, 0.25) is 0 Å². The lowest BCUT2D eigenvalue weighted by Gasteiger charge is -2.24. The number of halogens is 4. The summed E-state index contributed by atoms with van der Waals surface area (Å²) in [5.74, 6) is 0. The van der Waals surface area contributed by atoms with Gasteiger partial charge in [-0.2, -0.15) is 13.2 Å². The number of rotatable bonds is 1. The molecule has 0 aromatic rings. The second-order valence-electron chi connectivity index (χ2n) is 2.86. The Labute approximate surface area is 78.9 Å². The second-order valence-corrected chi connectivity index (χ2v) is 2.86. The Morgan fingerprint density at radius 1 is 1.46 bits per heavy atom. The molecular weight excluding hydrogens is 211 g/mol. The molecule has 0 aromatic carbocycles. The Morgan fingerprint density at radius 3 is 2.23 bits per heavy atom. The van der Waals surface area contributed by atoms with E-state index in [0.29, 0.717) is 6.41 Å². The average Bonchev–Trinajstić information content (AvgIpc) is 2.31. The summed E-state index contributed by atoms with van der Waals surface area (Å²) in [5, 5.41) is 9.00. The molecule has 0 aromatic heterocycles. The molecule has 1 saturated heterocycles. The molecule has 1 amide bonds. The van der Waals surface area contributed by atoms with E-state index >= 15 is 0 Å². The summed E-state index contributed by atoms with van der Waals surface area (Å²) < 4.78 is 36.2. The SMILES string of the molecule is Cl.O=CN1CCC(O)(C(F)(F)F)C1. The summed E-state index contributed by atoms with van der Waals surface area (Å²) in [4.78, 5) is 11.0. The molecule has 1 atom stereocenters. The van der Waals surface area contributed by atoms with Crippen LogP contribution in [-0.2, 0) is 4.79 Å². The van der Waals surface area contributed by atoms with Crippen LogP contribution in [0, 0.1) is 0 Å². The van der Waals surface area contributed by atoms with Gasteiger partial charge in [-0.15, -0.1) is 12.4 Å². The van der Waals surface area contributed by atoms with Crippen molar-refractivity contribution in [3.63, 3.8) is 0 Å². The van der Waals surface area contributed by atoms with E-state index in [1.54, 1.807) is 0 Å². The number of nitrogens with zero attached hydrogens (tertiary/aromatic N) is 1. The number of alkyl halides is 3. The molecule has 1 heterocycles. The maximum atomic E-state index is 12.1. The quantitative estimate of drug-likeness (QED) is 0.655. The van der Waals surface area contributed by atoms with Crippen molar-refractivity contribution >= 4 is 18.8 Å². The third kappa shape index (κ3) is 2.25. The summed E-state index contributed by atoms with van der Waals surface area (Å²) in [6.07, 6.45) is -4.77. The average molecular weight is 220 g/mol. The molecule has 1 N–H and O–H groups in total. The maximum Gasteiger partial charge on any atom is 0.419 e. The predicted octanol–water partition coefficient (Wildman–Crippen LogP) is 0.564. The first-order valence-corrected chi connectivity index (χ1v) is 3.37. The molecule has 1 aliphatic heterocycles. The lowest BCUT2D eigenvalue weighted by Crippen LogP contribution is -2.47. The fraction of sp³-hybridized carbons (Fsp3) is 0.833. The molecule has 1 rings (SSSR count). The van der Waals surface area contributed by atoms with E-state index in [2.05, 4.69) is 0 Å². The van der Waals surface area contributed by atoms with E-state index in [1.165, 1.54) is 0 Å². The van der Waals surface area contributed by atoms with E-state index in [-0.39, 0.29) is 19.0 Å². The Morgan fingerprint density at radius 2 is 2.00 bits per heavy atom. The van der Waals surface area contributed by atoms with Crippen LogP contribution in [0.5, 0.6) is 0 Å². The number of aliphatic hydroxyl groups is 1. The van der Waals surface area contributed by atoms with Crippen LogP contribution in [0.4, 0.5) is 13.2 Å². The van der Waals surface area contributed by atoms with Gasteiger partial charge in [0.2, 0.25) is 6.41 Å². The lowest BCUT2D eigenvalue weighted by molar-refractivity contribution is -0.253. The van der Waals surface area contributed by atoms with Crippen LogP contribution in [-0.4, -0.2) is 41.3 Å². The third-order valence-corrected chi connectivity index (χ3v) is 1.95. The van der Waals surface area contributed by atoms with E-state index < -0.39 is 24.7 Å². The fourth-order valence-corrected chi connectivity index (χ4v) is 1.14. The molecule has 0 saturated carbocycles. The molecule has 0 bridgehead atoms. The van der Waals surface area contributed by atoms with Gasteiger partial charge < -0.3 is 10.0 Å². The third-order valence-electron chi connectivity index (χ3n) is 1.95. The van der Waals surface area contributed by atoms with Gasteiger partial charge in [0.05, 0.1) is 6.54 Å². The summed E-state index contributed by atoms with van der Waals surface area (Å²) in [6.45, 7) is -0.695. The van der Waals surface area contributed by atoms with Gasteiger partial charge in [-0.25, -0.2) is 0 Å². The van der Waals surface area contributed by atoms with Crippen LogP contribution >= 0.6 is 12.4 Å². The molecule has 0 spiro atoms. The van der Waals surface area contributed by atoms with Gasteiger partial charge >= 0.3 is 6.18 Å². The molecule has 1 unspecified atom stereocenters. The molecule has 1 aliphatic rings. The monoisotopic (exact) mass is 219 g/mol. The minimum atomic E-state index is -4.65. The van der Waals surface area contributed by atoms with E-state index in [1.807, 2.05) is 0 Å². The Bertz CT molecular complexity index is 199. The van der Waals surface area contributed by atoms with Crippen molar-refractivity contribution in [1.29, 1.82) is 0 Å². The predicted molar refractivity (Wildman–Crippen MR) is 40.5 cm³/mol. The first-order chi connectivity index (χ1) is 5.39. The summed E-state index contributed by atoms with van der Waals surface area (Å²) in [5.41, 5.74) is -2.70. The molecule has 3 nitrogen and oxygen atoms in total. The topological polar surface area (TPSA) is 40.5 Å². The Hall–Kier alpha value is -0.490. The molecule has 1 fully saturated rings. The van der Waals surface area contributed by atoms with Gasteiger partial charge in [0.25, 0.3) is 0 Å². The summed E-state index contributed by atoms with van der Waals surface area (Å²) >= 11 is 0. The number of carbonyl (C=O) groups is 1. The molecule has 0 radical (unpaired) electrons. The normalized spacial score (nSPS) is 28.5. The molecule has 13 heavy (non-hydrogen) atoms. The van der Waals surface area contributed by atoms with E-state index in [4.69, 9.17) is 5.11 Å². The molecule has 78 valence electrons. The van der Waals surface area contributed by atoms with Crippen molar-refractivity contribution in [3.05, 3.63) is 0 Å². The highest BCUT2D eigenvalue weighted by atomic mass is 35.5. The smallest absolute Gasteiger partial charge is 0.379 e. The highest BCUT2D eigenvalue weighted by molar-refractivity contribution is 5.85. The van der Waals surface area contributed by atoms with E-state index in [9.17, 15) is 18.0 Å². The highest BCUT2D eigenvalue weighted by Gasteiger charge is 2.56. The number of hydrogen-bond donors (Lipinski definition) is 1. The molecule has 7 heteroatoms. The number of amides is 1. The van der Waals surface area contributed by atoms with Gasteiger partial charge in [-0.1, -0.05) is 0 Å². The van der Waals surface area contributed by atoms with Crippen molar-refractivity contribution < 1.29 is 23.1 Å². The lowest BCUT2D eigenvalue weighted by atomic mass is 10.0. The number of β-amino-alcohol motifs (C(OH)–C–C–N with tert-alkyl or cyclic N) is 1. The zero-order valence-electron chi connectivity index (χ0n) is 6.54. The van der Waals surface area contributed by atoms with Crippen LogP contribution in [0.3, 0.4) is 0 Å². The minimum absolute atomic E-state index is 0. The zero-order valence-corrected chi connectivity index (χ0v) is 7.36. The first-order valence-electron chi connectivity index (χ1n) is 3.37. The minimum Gasteiger partial charge on any atom is -0.379 e. The van der Waals surface area contributed by atoms with Crippen molar-refractivity contribution in [2.45, 2.75) is 18.2 Å². The highest BCUT2D eigenvalue weighted by Crippen LogP contribution is 2.36. The summed E-state index contributed by atoms with van der Waals surface area (Å²) in [7, 11) is 0. The van der Waals surface area contributed by atoms with Gasteiger partial charge in [-0.05, 0) is 0 Å². The van der Waals surface area contributed by atoms with Crippen molar-refractivity contribution in [2.75, 3.05) is 13.1 Å². The van der Waals surface area contributed by atoms with Gasteiger partial charge in [0.1, 0.15) is 0 Å². The van der Waals surface area contributed by atoms with E-state index in [0.717, 1.165) is 4.90 Å². The number of likely N-dealkylation sites (tertiary alicyclic amines) is 1. The largest absolute Gasteiger partial charge is 0.419 e.